The topological polar surface area (TPSA) is 80.7 Å². The molecule has 1 N–H and O–H groups in total. The minimum Gasteiger partial charge on any atom is -0.481 e. The number of ketones is 1. The first-order valence-corrected chi connectivity index (χ1v) is 5.02. The first-order valence-electron chi connectivity index (χ1n) is 5.02. The quantitative estimate of drug-likeness (QED) is 0.669. The zero-order valence-electron chi connectivity index (χ0n) is 8.14. The SMILES string of the molecule is O=C(O)C[C@@H]1OC(=O)[C@@H]2CCC(=O)C[C@H]12. The van der Waals surface area contributed by atoms with Gasteiger partial charge in [0.15, 0.2) is 0 Å². The van der Waals surface area contributed by atoms with E-state index in [1.165, 1.54) is 0 Å². The Morgan fingerprint density at radius 2 is 2.20 bits per heavy atom. The number of cyclic esters (lactones) is 1. The molecule has 1 saturated heterocycles. The number of carbonyl (C=O) groups is 3. The fourth-order valence-electron chi connectivity index (χ4n) is 2.41. The van der Waals surface area contributed by atoms with Crippen LogP contribution in [0.15, 0.2) is 0 Å². The van der Waals surface area contributed by atoms with Crippen molar-refractivity contribution in [2.45, 2.75) is 31.8 Å². The van der Waals surface area contributed by atoms with E-state index >= 15 is 0 Å². The molecule has 0 unspecified atom stereocenters. The van der Waals surface area contributed by atoms with Gasteiger partial charge in [-0.2, -0.15) is 0 Å². The number of carboxylic acid groups (broad SMARTS) is 1. The fraction of sp³-hybridized carbons (Fsp3) is 0.700. The Bertz CT molecular complexity index is 322. The van der Waals surface area contributed by atoms with E-state index in [9.17, 15) is 14.4 Å². The van der Waals surface area contributed by atoms with Crippen LogP contribution >= 0.6 is 0 Å². The van der Waals surface area contributed by atoms with Crippen LogP contribution < -0.4 is 0 Å². The molecule has 0 radical (unpaired) electrons. The van der Waals surface area contributed by atoms with Gasteiger partial charge in [-0.3, -0.25) is 14.4 Å². The zero-order valence-corrected chi connectivity index (χ0v) is 8.14. The second-order valence-electron chi connectivity index (χ2n) is 4.13. The van der Waals surface area contributed by atoms with Gasteiger partial charge in [-0.1, -0.05) is 0 Å². The molecule has 3 atom stereocenters. The maximum atomic E-state index is 11.4. The average molecular weight is 212 g/mol. The zero-order chi connectivity index (χ0) is 11.0. The first kappa shape index (κ1) is 10.1. The normalized spacial score (nSPS) is 34.8. The number of carboxylic acids is 1. The molecule has 1 heterocycles. The highest BCUT2D eigenvalue weighted by molar-refractivity contribution is 5.85. The number of carbonyl (C=O) groups excluding carboxylic acids is 2. The highest BCUT2D eigenvalue weighted by Gasteiger charge is 2.47. The third-order valence-corrected chi connectivity index (χ3v) is 3.14. The molecule has 5 heteroatoms. The van der Waals surface area contributed by atoms with Gasteiger partial charge in [-0.15, -0.1) is 0 Å². The number of hydrogen-bond acceptors (Lipinski definition) is 4. The van der Waals surface area contributed by atoms with Gasteiger partial charge in [-0.25, -0.2) is 0 Å². The monoisotopic (exact) mass is 212 g/mol. The van der Waals surface area contributed by atoms with Gasteiger partial charge >= 0.3 is 11.9 Å². The van der Waals surface area contributed by atoms with Crippen LogP contribution in [0.5, 0.6) is 0 Å². The number of fused-ring (bicyclic) bond motifs is 1. The first-order chi connectivity index (χ1) is 7.08. The van der Waals surface area contributed by atoms with Crippen LogP contribution in [0.1, 0.15) is 25.7 Å². The summed E-state index contributed by atoms with van der Waals surface area (Å²) in [5.74, 6) is -1.70. The summed E-state index contributed by atoms with van der Waals surface area (Å²) in [6.07, 6.45) is 0.410. The summed E-state index contributed by atoms with van der Waals surface area (Å²) in [6, 6.07) is 0. The molecule has 0 aromatic heterocycles. The van der Waals surface area contributed by atoms with Crippen molar-refractivity contribution in [3.05, 3.63) is 0 Å². The van der Waals surface area contributed by atoms with Crippen molar-refractivity contribution in [1.29, 1.82) is 0 Å². The van der Waals surface area contributed by atoms with E-state index in [1.807, 2.05) is 0 Å². The maximum Gasteiger partial charge on any atom is 0.309 e. The highest BCUT2D eigenvalue weighted by atomic mass is 16.6. The predicted molar refractivity (Wildman–Crippen MR) is 48.0 cm³/mol. The van der Waals surface area contributed by atoms with E-state index < -0.39 is 12.1 Å². The molecule has 1 saturated carbocycles. The Morgan fingerprint density at radius 1 is 1.47 bits per heavy atom. The van der Waals surface area contributed by atoms with Crippen LogP contribution in [-0.2, 0) is 19.1 Å². The predicted octanol–water partition coefficient (Wildman–Crippen LogP) is 0.372. The average Bonchev–Trinajstić information content (AvgIpc) is 2.42. The summed E-state index contributed by atoms with van der Waals surface area (Å²) in [5, 5.41) is 8.64. The molecule has 2 fully saturated rings. The number of esters is 1. The summed E-state index contributed by atoms with van der Waals surface area (Å²) >= 11 is 0. The lowest BCUT2D eigenvalue weighted by molar-refractivity contribution is -0.147. The number of Topliss-reactive ketones (excluding diaryl/α,β-unsaturated/α-hetero) is 1. The Hall–Kier alpha value is -1.39. The molecule has 0 spiro atoms. The van der Waals surface area contributed by atoms with Gasteiger partial charge in [0.1, 0.15) is 11.9 Å². The second kappa shape index (κ2) is 3.64. The largest absolute Gasteiger partial charge is 0.481 e. The van der Waals surface area contributed by atoms with Gasteiger partial charge in [0, 0.05) is 18.8 Å². The van der Waals surface area contributed by atoms with Gasteiger partial charge in [0.25, 0.3) is 0 Å². The highest BCUT2D eigenvalue weighted by Crippen LogP contribution is 2.39. The number of ether oxygens (including phenoxy) is 1. The minimum absolute atomic E-state index is 0.102. The van der Waals surface area contributed by atoms with E-state index in [4.69, 9.17) is 9.84 Å². The van der Waals surface area contributed by atoms with E-state index in [0.29, 0.717) is 12.8 Å². The standard InChI is InChI=1S/C10H12O5/c11-5-1-2-6-7(3-5)8(4-9(12)13)15-10(6)14/h6-8H,1-4H2,(H,12,13)/t6-,7+,8+/m1/s1. The van der Waals surface area contributed by atoms with Crippen molar-refractivity contribution in [2.75, 3.05) is 0 Å². The molecular formula is C10H12O5. The number of hydrogen-bond donors (Lipinski definition) is 1. The third-order valence-electron chi connectivity index (χ3n) is 3.14. The molecule has 0 aromatic rings. The smallest absolute Gasteiger partial charge is 0.309 e. The number of rotatable bonds is 2. The Kier molecular flexibility index (Phi) is 2.46. The van der Waals surface area contributed by atoms with Crippen LogP contribution in [0.4, 0.5) is 0 Å². The minimum atomic E-state index is -0.994. The summed E-state index contributed by atoms with van der Waals surface area (Å²) < 4.78 is 5.00. The van der Waals surface area contributed by atoms with Crippen LogP contribution in [0.3, 0.4) is 0 Å². The van der Waals surface area contributed by atoms with E-state index in [0.717, 1.165) is 0 Å². The lowest BCUT2D eigenvalue weighted by Crippen LogP contribution is -2.30. The van der Waals surface area contributed by atoms with Crippen LogP contribution in [0.25, 0.3) is 0 Å². The lowest BCUT2D eigenvalue weighted by Gasteiger charge is -2.23. The van der Waals surface area contributed by atoms with Gasteiger partial charge < -0.3 is 9.84 Å². The molecule has 82 valence electrons. The molecule has 2 aliphatic rings. The Morgan fingerprint density at radius 3 is 2.87 bits per heavy atom. The molecule has 0 amide bonds. The van der Waals surface area contributed by atoms with Gasteiger partial charge in [0.05, 0.1) is 12.3 Å². The van der Waals surface area contributed by atoms with Crippen molar-refractivity contribution >= 4 is 17.7 Å². The molecular weight excluding hydrogens is 200 g/mol. The number of aliphatic carboxylic acids is 1. The van der Waals surface area contributed by atoms with Gasteiger partial charge in [-0.05, 0) is 6.42 Å². The molecule has 5 nitrogen and oxygen atoms in total. The van der Waals surface area contributed by atoms with E-state index in [1.54, 1.807) is 0 Å². The van der Waals surface area contributed by atoms with Crippen LogP contribution in [-0.4, -0.2) is 28.9 Å². The summed E-state index contributed by atoms with van der Waals surface area (Å²) in [4.78, 5) is 33.2. The summed E-state index contributed by atoms with van der Waals surface area (Å²) in [5.41, 5.74) is 0. The summed E-state index contributed by atoms with van der Waals surface area (Å²) in [6.45, 7) is 0. The Labute approximate surface area is 86.4 Å². The molecule has 1 aliphatic carbocycles. The van der Waals surface area contributed by atoms with Crippen LogP contribution in [0, 0.1) is 11.8 Å². The molecule has 0 bridgehead atoms. The molecule has 1 aliphatic heterocycles. The van der Waals surface area contributed by atoms with E-state index in [-0.39, 0.29) is 36.4 Å². The van der Waals surface area contributed by atoms with Gasteiger partial charge in [0.2, 0.25) is 0 Å². The maximum absolute atomic E-state index is 11.4. The third kappa shape index (κ3) is 1.86. The van der Waals surface area contributed by atoms with E-state index in [2.05, 4.69) is 0 Å². The van der Waals surface area contributed by atoms with Crippen molar-refractivity contribution in [3.8, 4) is 0 Å². The summed E-state index contributed by atoms with van der Waals surface area (Å²) in [7, 11) is 0. The van der Waals surface area contributed by atoms with Crippen molar-refractivity contribution in [3.63, 3.8) is 0 Å². The fourth-order valence-corrected chi connectivity index (χ4v) is 2.41. The van der Waals surface area contributed by atoms with Crippen LogP contribution in [0.2, 0.25) is 0 Å². The molecule has 0 aromatic carbocycles. The lowest BCUT2D eigenvalue weighted by atomic mass is 9.77. The van der Waals surface area contributed by atoms with Crippen molar-refractivity contribution in [2.24, 2.45) is 11.8 Å². The van der Waals surface area contributed by atoms with Crippen molar-refractivity contribution in [1.82, 2.24) is 0 Å². The second-order valence-corrected chi connectivity index (χ2v) is 4.13. The van der Waals surface area contributed by atoms with Crippen molar-refractivity contribution < 1.29 is 24.2 Å². The Balaban J connectivity index is 2.11. The molecule has 15 heavy (non-hydrogen) atoms. The molecule has 2 rings (SSSR count).